The van der Waals surface area contributed by atoms with Crippen LogP contribution >= 0.6 is 23.2 Å². The zero-order chi connectivity index (χ0) is 29.3. The third kappa shape index (κ3) is 5.04. The first-order valence-electron chi connectivity index (χ1n) is 13.4. The molecule has 8 nitrogen and oxygen atoms in total. The molecule has 3 aliphatic carbocycles. The minimum Gasteiger partial charge on any atom is -0.481 e. The Morgan fingerprint density at radius 3 is 2.51 bits per heavy atom. The van der Waals surface area contributed by atoms with E-state index >= 15 is 0 Å². The lowest BCUT2D eigenvalue weighted by atomic mass is 9.72. The van der Waals surface area contributed by atoms with Gasteiger partial charge < -0.3 is 23.9 Å². The molecule has 2 bridgehead atoms. The van der Waals surface area contributed by atoms with Gasteiger partial charge >= 0.3 is 12.1 Å². The van der Waals surface area contributed by atoms with Crippen LogP contribution in [0.5, 0.6) is 0 Å². The van der Waals surface area contributed by atoms with E-state index in [4.69, 9.17) is 42.0 Å². The smallest absolute Gasteiger partial charge is 0.451 e. The van der Waals surface area contributed by atoms with E-state index in [1.807, 2.05) is 6.92 Å². The topological polar surface area (TPSA) is 119 Å². The average Bonchev–Trinajstić information content (AvgIpc) is 3.48. The van der Waals surface area contributed by atoms with Crippen molar-refractivity contribution in [3.05, 3.63) is 56.9 Å². The van der Waals surface area contributed by atoms with Gasteiger partial charge in [0.25, 0.3) is 0 Å². The molecule has 220 valence electrons. The highest BCUT2D eigenvalue weighted by Crippen LogP contribution is 2.58. The number of aromatic nitrogens is 2. The Hall–Kier alpha value is -2.60. The summed E-state index contributed by atoms with van der Waals surface area (Å²) in [7, 11) is 0. The van der Waals surface area contributed by atoms with E-state index in [1.165, 1.54) is 0 Å². The number of benzene rings is 1. The molecule has 2 N–H and O–H groups in total. The van der Waals surface area contributed by atoms with Gasteiger partial charge in [-0.3, -0.25) is 4.79 Å². The highest BCUT2D eigenvalue weighted by Gasteiger charge is 2.61. The fourth-order valence-electron chi connectivity index (χ4n) is 6.64. The number of aliphatic hydroxyl groups is 1. The number of hydrogen-bond acceptors (Lipinski definition) is 7. The van der Waals surface area contributed by atoms with Gasteiger partial charge in [0.05, 0.1) is 29.2 Å². The van der Waals surface area contributed by atoms with Crippen molar-refractivity contribution in [2.45, 2.75) is 75.9 Å². The van der Waals surface area contributed by atoms with Gasteiger partial charge in [0.15, 0.2) is 0 Å². The van der Waals surface area contributed by atoms with Crippen molar-refractivity contribution in [3.8, 4) is 11.3 Å². The van der Waals surface area contributed by atoms with E-state index in [9.17, 15) is 23.1 Å². The molecule has 6 rings (SSSR count). The van der Waals surface area contributed by atoms with Crippen LogP contribution in [0.15, 0.2) is 27.1 Å². The van der Waals surface area contributed by atoms with E-state index < -0.39 is 53.3 Å². The second kappa shape index (κ2) is 10.3. The van der Waals surface area contributed by atoms with Crippen LogP contribution in [0.25, 0.3) is 11.3 Å². The van der Waals surface area contributed by atoms with Crippen molar-refractivity contribution >= 4 is 29.2 Å². The summed E-state index contributed by atoms with van der Waals surface area (Å²) in [5.41, 5.74) is -0.702. The van der Waals surface area contributed by atoms with Crippen molar-refractivity contribution < 1.29 is 41.9 Å². The van der Waals surface area contributed by atoms with Gasteiger partial charge in [-0.15, -0.1) is 0 Å². The lowest BCUT2D eigenvalue weighted by Crippen LogP contribution is -2.45. The Morgan fingerprint density at radius 2 is 1.90 bits per heavy atom. The lowest BCUT2D eigenvalue weighted by molar-refractivity contribution is -0.161. The van der Waals surface area contributed by atoms with Crippen molar-refractivity contribution in [2.24, 2.45) is 17.8 Å². The molecule has 2 heterocycles. The highest BCUT2D eigenvalue weighted by molar-refractivity contribution is 6.39. The van der Waals surface area contributed by atoms with E-state index in [-0.39, 0.29) is 24.5 Å². The number of halogens is 5. The molecule has 0 spiro atoms. The van der Waals surface area contributed by atoms with Crippen molar-refractivity contribution in [1.82, 2.24) is 10.1 Å². The molecule has 13 heteroatoms. The molecular formula is C28H27Cl2F3N2O6. The lowest BCUT2D eigenvalue weighted by Gasteiger charge is -2.41. The summed E-state index contributed by atoms with van der Waals surface area (Å²) in [6.45, 7) is 2.08. The third-order valence-electron chi connectivity index (χ3n) is 8.64. The Kier molecular flexibility index (Phi) is 7.16. The first-order chi connectivity index (χ1) is 19.4. The SMILES string of the molecule is C[C@H]1C[C@@H]2C[C@@H](OCc3c(-c4c(Cl)cccc4Cl)noc3C3CC3)C[C@H]1[C@]2(O)c1nc(CC(=O)O)c(C(F)(F)F)o1. The Labute approximate surface area is 242 Å². The van der Waals surface area contributed by atoms with Gasteiger partial charge in [-0.1, -0.05) is 41.3 Å². The monoisotopic (exact) mass is 614 g/mol. The van der Waals surface area contributed by atoms with Crippen LogP contribution in [0.1, 0.15) is 73.6 Å². The molecule has 2 aromatic heterocycles. The number of alkyl halides is 3. The van der Waals surface area contributed by atoms with Crippen LogP contribution in [0.2, 0.25) is 10.0 Å². The molecule has 41 heavy (non-hydrogen) atoms. The Morgan fingerprint density at radius 1 is 1.20 bits per heavy atom. The second-order valence-electron chi connectivity index (χ2n) is 11.4. The fourth-order valence-corrected chi connectivity index (χ4v) is 7.22. The molecule has 0 unspecified atom stereocenters. The zero-order valence-electron chi connectivity index (χ0n) is 21.9. The molecular weight excluding hydrogens is 588 g/mol. The summed E-state index contributed by atoms with van der Waals surface area (Å²) in [4.78, 5) is 15.1. The average molecular weight is 615 g/mol. The number of carbonyl (C=O) groups is 1. The van der Waals surface area contributed by atoms with Crippen LogP contribution in [-0.4, -0.2) is 32.4 Å². The van der Waals surface area contributed by atoms with E-state index in [1.54, 1.807) is 18.2 Å². The quantitative estimate of drug-likeness (QED) is 0.278. The summed E-state index contributed by atoms with van der Waals surface area (Å²) in [6, 6.07) is 5.17. The number of fused-ring (bicyclic) bond motifs is 2. The number of oxazole rings is 1. The summed E-state index contributed by atoms with van der Waals surface area (Å²) in [5.74, 6) is -3.55. The largest absolute Gasteiger partial charge is 0.481 e. The number of aliphatic carboxylic acids is 1. The number of carboxylic acids is 1. The molecule has 3 saturated carbocycles. The van der Waals surface area contributed by atoms with Gasteiger partial charge in [-0.25, -0.2) is 4.98 Å². The van der Waals surface area contributed by atoms with E-state index in [2.05, 4.69) is 10.1 Å². The molecule has 1 aromatic carbocycles. The standard InChI is InChI=1S/C28H27Cl2F3N2O6/c1-12-7-14-8-15(9-17(12)27(14,38)26-34-20(10-21(36)37)25(40-26)28(31,32)33)39-11-16-23(35-41-24(16)13-5-6-13)22-18(29)3-2-4-19(22)30/h2-4,12-15,17,38H,5-11H2,1H3,(H,36,37)/t12-,14+,15+,17+,27-/m0/s1. The van der Waals surface area contributed by atoms with Crippen molar-refractivity contribution in [2.75, 3.05) is 0 Å². The number of ether oxygens (including phenoxy) is 1. The summed E-state index contributed by atoms with van der Waals surface area (Å²) in [5, 5.41) is 26.1. The molecule has 0 aliphatic heterocycles. The van der Waals surface area contributed by atoms with Crippen molar-refractivity contribution in [1.29, 1.82) is 0 Å². The maximum absolute atomic E-state index is 13.6. The zero-order valence-corrected chi connectivity index (χ0v) is 23.4. The fraction of sp³-hybridized carbons (Fsp3) is 0.536. The van der Waals surface area contributed by atoms with Crippen LogP contribution < -0.4 is 0 Å². The second-order valence-corrected chi connectivity index (χ2v) is 12.2. The predicted octanol–water partition coefficient (Wildman–Crippen LogP) is 7.00. The Bertz CT molecular complexity index is 1470. The van der Waals surface area contributed by atoms with E-state index in [0.717, 1.165) is 24.2 Å². The number of rotatable bonds is 8. The third-order valence-corrected chi connectivity index (χ3v) is 9.27. The first-order valence-corrected chi connectivity index (χ1v) is 14.2. The van der Waals surface area contributed by atoms with Crippen LogP contribution in [0, 0.1) is 17.8 Å². The van der Waals surface area contributed by atoms with Crippen LogP contribution in [0.3, 0.4) is 0 Å². The molecule has 0 saturated heterocycles. The predicted molar refractivity (Wildman–Crippen MR) is 139 cm³/mol. The van der Waals surface area contributed by atoms with Crippen LogP contribution in [-0.2, 0) is 34.3 Å². The Balaban J connectivity index is 1.26. The van der Waals surface area contributed by atoms with Gasteiger partial charge in [0.1, 0.15) is 22.7 Å². The number of hydrogen-bond donors (Lipinski definition) is 2. The summed E-state index contributed by atoms with van der Waals surface area (Å²) in [6.07, 6.45) is -3.07. The van der Waals surface area contributed by atoms with Gasteiger partial charge in [0.2, 0.25) is 11.7 Å². The molecule has 0 radical (unpaired) electrons. The number of carboxylic acid groups (broad SMARTS) is 1. The highest BCUT2D eigenvalue weighted by atomic mass is 35.5. The summed E-state index contributed by atoms with van der Waals surface area (Å²) < 4.78 is 58.1. The molecule has 3 aromatic rings. The molecule has 3 aliphatic rings. The van der Waals surface area contributed by atoms with E-state index in [0.29, 0.717) is 40.6 Å². The van der Waals surface area contributed by atoms with Gasteiger partial charge in [0, 0.05) is 23.0 Å². The molecule has 3 fully saturated rings. The van der Waals surface area contributed by atoms with Crippen LogP contribution in [0.4, 0.5) is 13.2 Å². The maximum atomic E-state index is 13.6. The number of nitrogens with zero attached hydrogens (tertiary/aromatic N) is 2. The normalized spacial score (nSPS) is 27.9. The molecule has 0 amide bonds. The maximum Gasteiger partial charge on any atom is 0.451 e. The minimum absolute atomic E-state index is 0.0575. The van der Waals surface area contributed by atoms with Gasteiger partial charge in [-0.05, 0) is 56.1 Å². The first kappa shape index (κ1) is 28.5. The minimum atomic E-state index is -4.95. The molecule has 5 atom stereocenters. The van der Waals surface area contributed by atoms with Gasteiger partial charge in [-0.2, -0.15) is 13.2 Å². The summed E-state index contributed by atoms with van der Waals surface area (Å²) >= 11 is 12.9. The van der Waals surface area contributed by atoms with Crippen molar-refractivity contribution in [3.63, 3.8) is 0 Å².